The molecule has 1 saturated heterocycles. The van der Waals surface area contributed by atoms with Crippen LogP contribution in [0.3, 0.4) is 0 Å². The number of benzene rings is 1. The Bertz CT molecular complexity index is 466. The lowest BCUT2D eigenvalue weighted by Crippen LogP contribution is -2.57. The largest absolute Gasteiger partial charge is 0.496 e. The summed E-state index contributed by atoms with van der Waals surface area (Å²) in [5, 5.41) is 0. The van der Waals surface area contributed by atoms with Crippen molar-refractivity contribution in [2.75, 3.05) is 33.4 Å². The Kier molecular flexibility index (Phi) is 4.48. The summed E-state index contributed by atoms with van der Waals surface area (Å²) in [6.07, 6.45) is 4.87. The second kappa shape index (κ2) is 6.34. The molecule has 0 amide bonds. The van der Waals surface area contributed by atoms with Gasteiger partial charge in [0.1, 0.15) is 5.75 Å². The van der Waals surface area contributed by atoms with Crippen LogP contribution in [0.15, 0.2) is 24.3 Å². The van der Waals surface area contributed by atoms with E-state index >= 15 is 0 Å². The zero-order valence-corrected chi connectivity index (χ0v) is 12.9. The van der Waals surface area contributed by atoms with Crippen LogP contribution in [-0.2, 0) is 4.74 Å². The Morgan fingerprint density at radius 1 is 1.19 bits per heavy atom. The van der Waals surface area contributed by atoms with Gasteiger partial charge in [-0.15, -0.1) is 0 Å². The highest BCUT2D eigenvalue weighted by molar-refractivity contribution is 5.38. The van der Waals surface area contributed by atoms with Crippen molar-refractivity contribution in [3.8, 4) is 5.75 Å². The maximum atomic E-state index is 6.78. The number of ether oxygens (including phenoxy) is 2. The summed E-state index contributed by atoms with van der Waals surface area (Å²) in [5.41, 5.74) is 7.98. The first-order chi connectivity index (χ1) is 10.3. The van der Waals surface area contributed by atoms with E-state index in [1.54, 1.807) is 7.11 Å². The van der Waals surface area contributed by atoms with Crippen LogP contribution in [0.25, 0.3) is 0 Å². The molecule has 0 spiro atoms. The molecule has 1 aromatic rings. The number of nitrogens with zero attached hydrogens (tertiary/aromatic N) is 1. The zero-order valence-electron chi connectivity index (χ0n) is 12.9. The van der Waals surface area contributed by atoms with E-state index in [-0.39, 0.29) is 11.6 Å². The monoisotopic (exact) mass is 290 g/mol. The quantitative estimate of drug-likeness (QED) is 0.924. The molecular formula is C17H26N2O2. The number of para-hydroxylation sites is 1. The summed E-state index contributed by atoms with van der Waals surface area (Å²) in [6.45, 7) is 3.62. The molecule has 4 heteroatoms. The minimum atomic E-state index is -0.00532. The van der Waals surface area contributed by atoms with Crippen molar-refractivity contribution >= 4 is 0 Å². The highest BCUT2D eigenvalue weighted by atomic mass is 16.5. The smallest absolute Gasteiger partial charge is 0.123 e. The number of morpholine rings is 1. The second-order valence-corrected chi connectivity index (χ2v) is 6.13. The van der Waals surface area contributed by atoms with Crippen LogP contribution in [-0.4, -0.2) is 43.9 Å². The number of methoxy groups -OCH3 is 1. The molecule has 1 aromatic carbocycles. The number of nitrogens with two attached hydrogens (primary N) is 1. The third kappa shape index (κ3) is 2.68. The second-order valence-electron chi connectivity index (χ2n) is 6.13. The predicted molar refractivity (Wildman–Crippen MR) is 83.5 cm³/mol. The molecule has 1 heterocycles. The highest BCUT2D eigenvalue weighted by Gasteiger charge is 2.46. The fraction of sp³-hybridized carbons (Fsp3) is 0.647. The fourth-order valence-corrected chi connectivity index (χ4v) is 4.03. The van der Waals surface area contributed by atoms with Crippen molar-refractivity contribution in [1.29, 1.82) is 0 Å². The minimum absolute atomic E-state index is 0.00532. The van der Waals surface area contributed by atoms with Crippen molar-refractivity contribution in [1.82, 2.24) is 4.90 Å². The average Bonchev–Trinajstić information content (AvgIpc) is 3.06. The van der Waals surface area contributed by atoms with Gasteiger partial charge in [0.05, 0.1) is 26.4 Å². The maximum absolute atomic E-state index is 6.78. The van der Waals surface area contributed by atoms with Crippen LogP contribution in [0.4, 0.5) is 0 Å². The van der Waals surface area contributed by atoms with Crippen LogP contribution < -0.4 is 10.5 Å². The molecule has 2 fully saturated rings. The first kappa shape index (κ1) is 14.8. The predicted octanol–water partition coefficient (Wildman–Crippen LogP) is 2.34. The summed E-state index contributed by atoms with van der Waals surface area (Å²) in [4.78, 5) is 2.57. The number of rotatable bonds is 4. The van der Waals surface area contributed by atoms with Crippen LogP contribution in [0.5, 0.6) is 5.75 Å². The Hall–Kier alpha value is -1.10. The van der Waals surface area contributed by atoms with E-state index in [0.29, 0.717) is 0 Å². The fourth-order valence-electron chi connectivity index (χ4n) is 4.03. The number of hydrogen-bond acceptors (Lipinski definition) is 4. The van der Waals surface area contributed by atoms with Gasteiger partial charge in [-0.3, -0.25) is 4.90 Å². The van der Waals surface area contributed by atoms with Gasteiger partial charge in [-0.25, -0.2) is 0 Å². The summed E-state index contributed by atoms with van der Waals surface area (Å²) in [5.74, 6) is 0.907. The van der Waals surface area contributed by atoms with E-state index in [9.17, 15) is 0 Å². The van der Waals surface area contributed by atoms with Crippen LogP contribution >= 0.6 is 0 Å². The van der Waals surface area contributed by atoms with Gasteiger partial charge in [0.25, 0.3) is 0 Å². The molecule has 1 unspecified atom stereocenters. The highest BCUT2D eigenvalue weighted by Crippen LogP contribution is 2.45. The van der Waals surface area contributed by atoms with Gasteiger partial charge in [-0.1, -0.05) is 31.0 Å². The third-order valence-electron chi connectivity index (χ3n) is 5.16. The third-order valence-corrected chi connectivity index (χ3v) is 5.16. The molecule has 3 rings (SSSR count). The van der Waals surface area contributed by atoms with Crippen molar-refractivity contribution in [3.05, 3.63) is 29.8 Å². The Labute approximate surface area is 127 Å². The van der Waals surface area contributed by atoms with Crippen molar-refractivity contribution in [2.24, 2.45) is 5.73 Å². The lowest BCUT2D eigenvalue weighted by atomic mass is 9.82. The lowest BCUT2D eigenvalue weighted by Gasteiger charge is -2.47. The molecule has 1 atom stereocenters. The maximum Gasteiger partial charge on any atom is 0.123 e. The molecule has 21 heavy (non-hydrogen) atoms. The molecule has 116 valence electrons. The topological polar surface area (TPSA) is 47.7 Å². The van der Waals surface area contributed by atoms with Gasteiger partial charge >= 0.3 is 0 Å². The Morgan fingerprint density at radius 2 is 1.86 bits per heavy atom. The molecule has 0 aromatic heterocycles. The molecule has 1 aliphatic carbocycles. The van der Waals surface area contributed by atoms with E-state index < -0.39 is 0 Å². The number of hydrogen-bond donors (Lipinski definition) is 1. The summed E-state index contributed by atoms with van der Waals surface area (Å²) in [6, 6.07) is 8.18. The first-order valence-corrected chi connectivity index (χ1v) is 7.99. The van der Waals surface area contributed by atoms with Crippen molar-refractivity contribution in [3.63, 3.8) is 0 Å². The van der Waals surface area contributed by atoms with Gasteiger partial charge in [0.15, 0.2) is 0 Å². The van der Waals surface area contributed by atoms with E-state index in [2.05, 4.69) is 17.0 Å². The lowest BCUT2D eigenvalue weighted by molar-refractivity contribution is -0.0313. The Morgan fingerprint density at radius 3 is 2.52 bits per heavy atom. The van der Waals surface area contributed by atoms with Gasteiger partial charge in [0, 0.05) is 24.2 Å². The summed E-state index contributed by atoms with van der Waals surface area (Å²) >= 11 is 0. The first-order valence-electron chi connectivity index (χ1n) is 7.99. The van der Waals surface area contributed by atoms with E-state index in [0.717, 1.165) is 37.6 Å². The molecular weight excluding hydrogens is 264 g/mol. The Balaban J connectivity index is 1.92. The van der Waals surface area contributed by atoms with E-state index in [4.69, 9.17) is 15.2 Å². The van der Waals surface area contributed by atoms with Crippen LogP contribution in [0.1, 0.15) is 37.3 Å². The summed E-state index contributed by atoms with van der Waals surface area (Å²) < 4.78 is 11.1. The molecule has 0 radical (unpaired) electrons. The van der Waals surface area contributed by atoms with Crippen LogP contribution in [0.2, 0.25) is 0 Å². The molecule has 0 bridgehead atoms. The molecule has 1 saturated carbocycles. The van der Waals surface area contributed by atoms with Crippen molar-refractivity contribution in [2.45, 2.75) is 37.3 Å². The minimum Gasteiger partial charge on any atom is -0.496 e. The summed E-state index contributed by atoms with van der Waals surface area (Å²) in [7, 11) is 1.72. The van der Waals surface area contributed by atoms with E-state index in [1.165, 1.54) is 25.7 Å². The molecule has 1 aliphatic heterocycles. The van der Waals surface area contributed by atoms with Gasteiger partial charge in [0.2, 0.25) is 0 Å². The standard InChI is InChI=1S/C17H26N2O2/c1-20-15-7-3-2-6-14(15)16(18)17(8-4-5-9-17)19-10-12-21-13-11-19/h2-3,6-7,16H,4-5,8-13,18H2,1H3. The van der Waals surface area contributed by atoms with Gasteiger partial charge in [-0.05, 0) is 18.9 Å². The zero-order chi connectivity index (χ0) is 14.7. The van der Waals surface area contributed by atoms with E-state index in [1.807, 2.05) is 12.1 Å². The average molecular weight is 290 g/mol. The SMILES string of the molecule is COc1ccccc1C(N)C1(N2CCOCC2)CCCC1. The molecule has 4 nitrogen and oxygen atoms in total. The van der Waals surface area contributed by atoms with Crippen molar-refractivity contribution < 1.29 is 9.47 Å². The van der Waals surface area contributed by atoms with Crippen LogP contribution in [0, 0.1) is 0 Å². The van der Waals surface area contributed by atoms with Gasteiger partial charge < -0.3 is 15.2 Å². The normalized spacial score (nSPS) is 23.9. The molecule has 2 N–H and O–H groups in total. The van der Waals surface area contributed by atoms with Gasteiger partial charge in [-0.2, -0.15) is 0 Å². The molecule has 2 aliphatic rings.